The molecule has 0 amide bonds. The van der Waals surface area contributed by atoms with Crippen LogP contribution in [0.5, 0.6) is 0 Å². The zero-order chi connectivity index (χ0) is 24.3. The van der Waals surface area contributed by atoms with E-state index in [4.69, 9.17) is 5.73 Å². The van der Waals surface area contributed by atoms with Gasteiger partial charge >= 0.3 is 0 Å². The Morgan fingerprint density at radius 1 is 1.03 bits per heavy atom. The van der Waals surface area contributed by atoms with Gasteiger partial charge in [0.25, 0.3) is 0 Å². The van der Waals surface area contributed by atoms with E-state index in [1.165, 1.54) is 0 Å². The molecular formula is C24H28N8O2S. The van der Waals surface area contributed by atoms with Crippen LogP contribution in [0.25, 0.3) is 11.0 Å². The normalized spacial score (nSPS) is 18.5. The summed E-state index contributed by atoms with van der Waals surface area (Å²) in [7, 11) is -3.65. The molecule has 0 unspecified atom stereocenters. The van der Waals surface area contributed by atoms with Crippen LogP contribution >= 0.6 is 0 Å². The highest BCUT2D eigenvalue weighted by molar-refractivity contribution is 7.89. The second-order valence-corrected chi connectivity index (χ2v) is 10.7. The predicted octanol–water partition coefficient (Wildman–Crippen LogP) is 2.96. The Labute approximate surface area is 204 Å². The van der Waals surface area contributed by atoms with Crippen LogP contribution in [0.3, 0.4) is 0 Å². The van der Waals surface area contributed by atoms with Gasteiger partial charge < -0.3 is 11.1 Å². The largest absolute Gasteiger partial charge is 0.328 e. The van der Waals surface area contributed by atoms with Crippen LogP contribution in [0.15, 0.2) is 66.1 Å². The van der Waals surface area contributed by atoms with Crippen LogP contribution < -0.4 is 15.8 Å². The fourth-order valence-electron chi connectivity index (χ4n) is 4.29. The quantitative estimate of drug-likeness (QED) is 0.341. The average Bonchev–Trinajstić information content (AvgIpc) is 3.27. The SMILES string of the molecule is NC1CCC(Cn2ncc3cnc(Nc4ccc(S(=O)(=O)NCc5cccnc5)cc4)nc32)CC1. The third kappa shape index (κ3) is 5.64. The summed E-state index contributed by atoms with van der Waals surface area (Å²) in [6.07, 6.45) is 11.1. The van der Waals surface area contributed by atoms with Crippen molar-refractivity contribution < 1.29 is 8.42 Å². The maximum atomic E-state index is 12.6. The molecule has 0 saturated heterocycles. The molecule has 4 N–H and O–H groups in total. The van der Waals surface area contributed by atoms with Gasteiger partial charge in [0.1, 0.15) is 0 Å². The van der Waals surface area contributed by atoms with E-state index in [1.807, 2.05) is 10.7 Å². The van der Waals surface area contributed by atoms with E-state index in [9.17, 15) is 8.42 Å². The molecule has 0 bridgehead atoms. The average molecular weight is 493 g/mol. The lowest BCUT2D eigenvalue weighted by Gasteiger charge is -2.25. The zero-order valence-corrected chi connectivity index (χ0v) is 20.0. The van der Waals surface area contributed by atoms with Crippen LogP contribution in [0.1, 0.15) is 31.2 Å². The van der Waals surface area contributed by atoms with E-state index in [0.717, 1.165) is 48.8 Å². The number of aromatic nitrogens is 5. The summed E-state index contributed by atoms with van der Waals surface area (Å²) in [6.45, 7) is 0.983. The fraction of sp³-hybridized carbons (Fsp3) is 0.333. The highest BCUT2D eigenvalue weighted by atomic mass is 32.2. The molecule has 182 valence electrons. The van der Waals surface area contributed by atoms with Crippen LogP contribution in [-0.2, 0) is 23.1 Å². The standard InChI is InChI=1S/C24H28N8O2S/c25-20-5-3-17(4-6-20)16-32-23-19(15-28-32)14-27-24(31-23)30-21-7-9-22(10-8-21)35(33,34)29-13-18-2-1-11-26-12-18/h1-2,7-12,14-15,17,20,29H,3-6,13,16,25H2,(H,27,30,31). The maximum absolute atomic E-state index is 12.6. The summed E-state index contributed by atoms with van der Waals surface area (Å²) in [6, 6.07) is 10.4. The molecule has 0 spiro atoms. The third-order valence-corrected chi connectivity index (χ3v) is 7.73. The van der Waals surface area contributed by atoms with Crippen molar-refractivity contribution in [3.63, 3.8) is 0 Å². The number of anilines is 2. The van der Waals surface area contributed by atoms with Gasteiger partial charge in [-0.1, -0.05) is 6.07 Å². The third-order valence-electron chi connectivity index (χ3n) is 6.31. The Morgan fingerprint density at radius 3 is 2.57 bits per heavy atom. The molecule has 11 heteroatoms. The second-order valence-electron chi connectivity index (χ2n) is 8.92. The van der Waals surface area contributed by atoms with Gasteiger partial charge in [0.15, 0.2) is 5.65 Å². The first-order chi connectivity index (χ1) is 17.0. The molecule has 0 radical (unpaired) electrons. The monoisotopic (exact) mass is 492 g/mol. The van der Waals surface area contributed by atoms with Crippen molar-refractivity contribution in [3.05, 3.63) is 66.7 Å². The van der Waals surface area contributed by atoms with Gasteiger partial charge in [-0.15, -0.1) is 0 Å². The van der Waals surface area contributed by atoms with Crippen molar-refractivity contribution in [2.45, 2.75) is 49.7 Å². The van der Waals surface area contributed by atoms with E-state index < -0.39 is 10.0 Å². The van der Waals surface area contributed by atoms with Gasteiger partial charge in [-0.05, 0) is 67.5 Å². The van der Waals surface area contributed by atoms with Crippen LogP contribution in [0.4, 0.5) is 11.6 Å². The summed E-state index contributed by atoms with van der Waals surface area (Å²) in [5, 5.41) is 8.55. The number of pyridine rings is 1. The Kier molecular flexibility index (Phi) is 6.71. The first-order valence-electron chi connectivity index (χ1n) is 11.7. The highest BCUT2D eigenvalue weighted by Crippen LogP contribution is 2.26. The van der Waals surface area contributed by atoms with Crippen molar-refractivity contribution in [1.82, 2.24) is 29.5 Å². The molecule has 1 saturated carbocycles. The minimum atomic E-state index is -3.65. The Hall–Kier alpha value is -3.41. The summed E-state index contributed by atoms with van der Waals surface area (Å²) >= 11 is 0. The number of sulfonamides is 1. The smallest absolute Gasteiger partial charge is 0.240 e. The summed E-state index contributed by atoms with van der Waals surface area (Å²) in [5.41, 5.74) is 8.28. The van der Waals surface area contributed by atoms with E-state index >= 15 is 0 Å². The number of hydrogen-bond donors (Lipinski definition) is 3. The molecule has 1 aliphatic rings. The summed E-state index contributed by atoms with van der Waals surface area (Å²) in [4.78, 5) is 13.2. The van der Waals surface area contributed by atoms with Crippen LogP contribution in [-0.4, -0.2) is 39.2 Å². The highest BCUT2D eigenvalue weighted by Gasteiger charge is 2.20. The molecule has 0 atom stereocenters. The Morgan fingerprint density at radius 2 is 1.83 bits per heavy atom. The molecule has 3 aromatic heterocycles. The molecule has 1 aromatic carbocycles. The van der Waals surface area contributed by atoms with E-state index in [1.54, 1.807) is 55.1 Å². The Balaban J connectivity index is 1.25. The van der Waals surface area contributed by atoms with Gasteiger partial charge in [-0.3, -0.25) is 4.98 Å². The van der Waals surface area contributed by atoms with Gasteiger partial charge in [-0.25, -0.2) is 22.8 Å². The van der Waals surface area contributed by atoms with Crippen molar-refractivity contribution >= 4 is 32.7 Å². The molecule has 4 aromatic rings. The van der Waals surface area contributed by atoms with E-state index in [-0.39, 0.29) is 11.4 Å². The first-order valence-corrected chi connectivity index (χ1v) is 13.1. The first kappa shape index (κ1) is 23.3. The molecular weight excluding hydrogens is 464 g/mol. The molecule has 3 heterocycles. The van der Waals surface area contributed by atoms with Crippen molar-refractivity contribution in [2.24, 2.45) is 11.7 Å². The van der Waals surface area contributed by atoms with Crippen molar-refractivity contribution in [3.8, 4) is 0 Å². The number of rotatable bonds is 8. The van der Waals surface area contributed by atoms with E-state index in [0.29, 0.717) is 23.6 Å². The van der Waals surface area contributed by atoms with Crippen molar-refractivity contribution in [1.29, 1.82) is 0 Å². The van der Waals surface area contributed by atoms with Gasteiger partial charge in [0.05, 0.1) is 16.5 Å². The topological polar surface area (TPSA) is 141 Å². The molecule has 0 aliphatic heterocycles. The minimum Gasteiger partial charge on any atom is -0.328 e. The summed E-state index contributed by atoms with van der Waals surface area (Å²) in [5.74, 6) is 0.973. The predicted molar refractivity (Wildman–Crippen MR) is 133 cm³/mol. The fourth-order valence-corrected chi connectivity index (χ4v) is 5.30. The Bertz CT molecular complexity index is 1380. The number of benzene rings is 1. The van der Waals surface area contributed by atoms with Gasteiger partial charge in [-0.2, -0.15) is 10.1 Å². The lowest BCUT2D eigenvalue weighted by molar-refractivity contribution is 0.288. The lowest BCUT2D eigenvalue weighted by Crippen LogP contribution is -2.28. The second kappa shape index (κ2) is 10.1. The molecule has 1 fully saturated rings. The van der Waals surface area contributed by atoms with Gasteiger partial charge in [0.2, 0.25) is 16.0 Å². The van der Waals surface area contributed by atoms with E-state index in [2.05, 4.69) is 30.1 Å². The maximum Gasteiger partial charge on any atom is 0.240 e. The molecule has 35 heavy (non-hydrogen) atoms. The lowest BCUT2D eigenvalue weighted by atomic mass is 9.86. The number of hydrogen-bond acceptors (Lipinski definition) is 8. The molecule has 5 rings (SSSR count). The van der Waals surface area contributed by atoms with Gasteiger partial charge in [0, 0.05) is 43.4 Å². The number of nitrogens with one attached hydrogen (secondary N) is 2. The molecule has 10 nitrogen and oxygen atoms in total. The number of nitrogens with two attached hydrogens (primary N) is 1. The van der Waals surface area contributed by atoms with Crippen LogP contribution in [0, 0.1) is 5.92 Å². The number of fused-ring (bicyclic) bond motifs is 1. The molecule has 1 aliphatic carbocycles. The minimum absolute atomic E-state index is 0.172. The summed E-state index contributed by atoms with van der Waals surface area (Å²) < 4.78 is 29.8. The number of nitrogens with zero attached hydrogens (tertiary/aromatic N) is 5. The van der Waals surface area contributed by atoms with Crippen LogP contribution in [0.2, 0.25) is 0 Å². The zero-order valence-electron chi connectivity index (χ0n) is 19.2. The van der Waals surface area contributed by atoms with Crippen molar-refractivity contribution in [2.75, 3.05) is 5.32 Å².